The molecule has 3 nitrogen and oxygen atoms in total. The van der Waals surface area contributed by atoms with Gasteiger partial charge >= 0.3 is 6.61 Å². The number of nitrogens with one attached hydrogen (secondary N) is 2. The highest BCUT2D eigenvalue weighted by atomic mass is 32.1. The highest BCUT2D eigenvalue weighted by Gasteiger charge is 2.11. The van der Waals surface area contributed by atoms with Gasteiger partial charge in [-0.3, -0.25) is 0 Å². The maximum atomic E-state index is 12.2. The van der Waals surface area contributed by atoms with E-state index in [9.17, 15) is 8.78 Å². The summed E-state index contributed by atoms with van der Waals surface area (Å²) < 4.78 is 29.2. The number of aromatic nitrogens is 2. The molecule has 1 aromatic carbocycles. The van der Waals surface area contributed by atoms with Crippen LogP contribution in [0.3, 0.4) is 0 Å². The van der Waals surface area contributed by atoms with Crippen LogP contribution in [0.25, 0.3) is 11.3 Å². The van der Waals surface area contributed by atoms with Crippen molar-refractivity contribution in [1.82, 2.24) is 9.97 Å². The predicted octanol–water partition coefficient (Wildman–Crippen LogP) is 3.34. The van der Waals surface area contributed by atoms with E-state index in [1.807, 2.05) is 0 Å². The summed E-state index contributed by atoms with van der Waals surface area (Å²) in [7, 11) is 0. The third-order valence-electron chi connectivity index (χ3n) is 1.99. The van der Waals surface area contributed by atoms with E-state index in [4.69, 9.17) is 12.2 Å². The number of alkyl halides is 2. The first-order valence-electron chi connectivity index (χ1n) is 4.49. The molecular formula is C10H8F2N2OS. The van der Waals surface area contributed by atoms with Crippen molar-refractivity contribution >= 4 is 12.2 Å². The summed E-state index contributed by atoms with van der Waals surface area (Å²) in [5.74, 6) is 0.114. The van der Waals surface area contributed by atoms with Crippen LogP contribution in [-0.2, 0) is 0 Å². The van der Waals surface area contributed by atoms with E-state index in [-0.39, 0.29) is 5.75 Å². The molecule has 0 unspecified atom stereocenters. The Kier molecular flexibility index (Phi) is 3.00. The van der Waals surface area contributed by atoms with Gasteiger partial charge in [-0.25, -0.2) is 0 Å². The molecule has 0 saturated heterocycles. The fourth-order valence-electron chi connectivity index (χ4n) is 1.37. The van der Waals surface area contributed by atoms with E-state index in [0.29, 0.717) is 16.0 Å². The smallest absolute Gasteiger partial charge is 0.387 e. The number of hydrogen-bond acceptors (Lipinski definition) is 2. The van der Waals surface area contributed by atoms with Crippen molar-refractivity contribution in [2.24, 2.45) is 0 Å². The fourth-order valence-corrected chi connectivity index (χ4v) is 1.53. The third-order valence-corrected chi connectivity index (χ3v) is 2.21. The van der Waals surface area contributed by atoms with Crippen LogP contribution in [0.5, 0.6) is 5.75 Å². The van der Waals surface area contributed by atoms with Crippen molar-refractivity contribution < 1.29 is 13.5 Å². The summed E-state index contributed by atoms with van der Waals surface area (Å²) in [5, 5.41) is 0. The van der Waals surface area contributed by atoms with Crippen LogP contribution in [0, 0.1) is 4.77 Å². The van der Waals surface area contributed by atoms with E-state index < -0.39 is 6.61 Å². The molecule has 0 radical (unpaired) electrons. The molecule has 0 aliphatic rings. The van der Waals surface area contributed by atoms with Crippen LogP contribution in [-0.4, -0.2) is 16.6 Å². The van der Waals surface area contributed by atoms with Crippen molar-refractivity contribution in [3.63, 3.8) is 0 Å². The molecule has 16 heavy (non-hydrogen) atoms. The predicted molar refractivity (Wildman–Crippen MR) is 58.0 cm³/mol. The fraction of sp³-hybridized carbons (Fsp3) is 0.100. The van der Waals surface area contributed by atoms with Gasteiger partial charge in [-0.05, 0) is 24.4 Å². The molecule has 0 fully saturated rings. The highest BCUT2D eigenvalue weighted by molar-refractivity contribution is 7.71. The Hall–Kier alpha value is -1.69. The van der Waals surface area contributed by atoms with Gasteiger partial charge in [-0.1, -0.05) is 12.1 Å². The topological polar surface area (TPSA) is 40.8 Å². The Morgan fingerprint density at radius 1 is 1.25 bits per heavy atom. The molecular weight excluding hydrogens is 234 g/mol. The van der Waals surface area contributed by atoms with Crippen LogP contribution >= 0.6 is 12.2 Å². The van der Waals surface area contributed by atoms with Crippen LogP contribution < -0.4 is 4.74 Å². The van der Waals surface area contributed by atoms with Crippen molar-refractivity contribution in [2.45, 2.75) is 6.61 Å². The van der Waals surface area contributed by atoms with Gasteiger partial charge in [0, 0.05) is 11.8 Å². The SMILES string of the molecule is FC(F)Oc1ccccc1-c1c[nH]c(=S)[nH]1. The number of halogens is 2. The maximum Gasteiger partial charge on any atom is 0.387 e. The summed E-state index contributed by atoms with van der Waals surface area (Å²) >= 11 is 4.86. The molecule has 84 valence electrons. The Labute approximate surface area is 95.1 Å². The average molecular weight is 242 g/mol. The maximum absolute atomic E-state index is 12.2. The lowest BCUT2D eigenvalue weighted by Crippen LogP contribution is -2.02. The number of benzene rings is 1. The Morgan fingerprint density at radius 3 is 2.62 bits per heavy atom. The number of para-hydroxylation sites is 1. The van der Waals surface area contributed by atoms with Gasteiger partial charge in [0.2, 0.25) is 0 Å². The summed E-state index contributed by atoms with van der Waals surface area (Å²) in [4.78, 5) is 5.60. The molecule has 0 spiro atoms. The molecule has 0 saturated carbocycles. The monoisotopic (exact) mass is 242 g/mol. The summed E-state index contributed by atoms with van der Waals surface area (Å²) in [6.07, 6.45) is 1.61. The van der Waals surface area contributed by atoms with Crippen molar-refractivity contribution in [3.8, 4) is 17.0 Å². The molecule has 0 bridgehead atoms. The quantitative estimate of drug-likeness (QED) is 0.810. The molecule has 2 rings (SSSR count). The molecule has 6 heteroatoms. The van der Waals surface area contributed by atoms with E-state index in [2.05, 4.69) is 14.7 Å². The minimum absolute atomic E-state index is 0.114. The van der Waals surface area contributed by atoms with Crippen LogP contribution in [0.2, 0.25) is 0 Å². The van der Waals surface area contributed by atoms with Crippen LogP contribution in [0.1, 0.15) is 0 Å². The van der Waals surface area contributed by atoms with Crippen molar-refractivity contribution in [3.05, 3.63) is 35.2 Å². The first kappa shape index (κ1) is 10.8. The number of aromatic amines is 2. The Morgan fingerprint density at radius 2 is 2.00 bits per heavy atom. The third kappa shape index (κ3) is 2.27. The molecule has 1 aromatic heterocycles. The van der Waals surface area contributed by atoms with Gasteiger partial charge in [0.15, 0.2) is 4.77 Å². The van der Waals surface area contributed by atoms with Crippen molar-refractivity contribution in [2.75, 3.05) is 0 Å². The molecule has 2 N–H and O–H groups in total. The molecule has 0 aliphatic heterocycles. The second-order valence-corrected chi connectivity index (χ2v) is 3.44. The van der Waals surface area contributed by atoms with E-state index >= 15 is 0 Å². The van der Waals surface area contributed by atoms with Gasteiger partial charge in [0.1, 0.15) is 5.75 Å². The second-order valence-electron chi connectivity index (χ2n) is 3.03. The minimum Gasteiger partial charge on any atom is -0.434 e. The zero-order valence-corrected chi connectivity index (χ0v) is 8.85. The first-order chi connectivity index (χ1) is 7.66. The molecule has 1 heterocycles. The number of hydrogen-bond donors (Lipinski definition) is 2. The number of rotatable bonds is 3. The van der Waals surface area contributed by atoms with Crippen LogP contribution in [0.15, 0.2) is 30.5 Å². The Bertz CT molecular complexity index is 535. The molecule has 0 aliphatic carbocycles. The lowest BCUT2D eigenvalue weighted by molar-refractivity contribution is -0.0494. The lowest BCUT2D eigenvalue weighted by Gasteiger charge is -2.08. The average Bonchev–Trinajstić information content (AvgIpc) is 2.65. The summed E-state index contributed by atoms with van der Waals surface area (Å²) in [6, 6.07) is 6.51. The minimum atomic E-state index is -2.84. The van der Waals surface area contributed by atoms with E-state index in [1.54, 1.807) is 24.4 Å². The van der Waals surface area contributed by atoms with Gasteiger partial charge < -0.3 is 14.7 Å². The summed E-state index contributed by atoms with van der Waals surface area (Å²) in [5.41, 5.74) is 1.15. The van der Waals surface area contributed by atoms with Gasteiger partial charge in [-0.15, -0.1) is 0 Å². The number of imidazole rings is 1. The Balaban J connectivity index is 2.44. The van der Waals surface area contributed by atoms with E-state index in [1.165, 1.54) is 6.07 Å². The van der Waals surface area contributed by atoms with Gasteiger partial charge in [0.25, 0.3) is 0 Å². The first-order valence-corrected chi connectivity index (χ1v) is 4.89. The van der Waals surface area contributed by atoms with Gasteiger partial charge in [-0.2, -0.15) is 8.78 Å². The molecule has 0 atom stereocenters. The van der Waals surface area contributed by atoms with Crippen LogP contribution in [0.4, 0.5) is 8.78 Å². The largest absolute Gasteiger partial charge is 0.434 e. The molecule has 2 aromatic rings. The zero-order chi connectivity index (χ0) is 11.5. The van der Waals surface area contributed by atoms with Gasteiger partial charge in [0.05, 0.1) is 5.69 Å². The van der Waals surface area contributed by atoms with Crippen molar-refractivity contribution in [1.29, 1.82) is 0 Å². The number of ether oxygens (including phenoxy) is 1. The lowest BCUT2D eigenvalue weighted by atomic mass is 10.1. The highest BCUT2D eigenvalue weighted by Crippen LogP contribution is 2.29. The standard InChI is InChI=1S/C10H8F2N2OS/c11-9(12)15-8-4-2-1-3-6(8)7-5-13-10(16)14-7/h1-5,9H,(H2,13,14,16). The second kappa shape index (κ2) is 4.44. The zero-order valence-electron chi connectivity index (χ0n) is 8.04. The van der Waals surface area contributed by atoms with E-state index in [0.717, 1.165) is 0 Å². The molecule has 0 amide bonds. The normalized spacial score (nSPS) is 10.7. The number of H-pyrrole nitrogens is 2. The summed E-state index contributed by atoms with van der Waals surface area (Å²) in [6.45, 7) is -2.84.